The summed E-state index contributed by atoms with van der Waals surface area (Å²) in [5.41, 5.74) is 0. The van der Waals surface area contributed by atoms with Gasteiger partial charge in [-0.3, -0.25) is 0 Å². The second-order valence-electron chi connectivity index (χ2n) is 0.346. The maximum absolute atomic E-state index is 7.17. The average molecular weight is 120 g/mol. The fraction of sp³-hybridized carbons (Fsp3) is 0. The molecule has 0 aliphatic heterocycles. The van der Waals surface area contributed by atoms with Crippen LogP contribution in [0.3, 0.4) is 0 Å². The van der Waals surface area contributed by atoms with E-state index in [-0.39, 0.29) is 56.9 Å². The molecule has 0 bridgehead atoms. The summed E-state index contributed by atoms with van der Waals surface area (Å²) >= 11 is 0. The summed E-state index contributed by atoms with van der Waals surface area (Å²) in [6.07, 6.45) is 0. The molecule has 0 spiro atoms. The Morgan fingerprint density at radius 2 is 1.00 bits per heavy atom. The van der Waals surface area contributed by atoms with Crippen molar-refractivity contribution in [2.45, 2.75) is 0 Å². The van der Waals surface area contributed by atoms with Gasteiger partial charge in [0.25, 0.3) is 0 Å². The Balaban J connectivity index is -0.0000000450. The van der Waals surface area contributed by atoms with E-state index in [1.807, 2.05) is 0 Å². The van der Waals surface area contributed by atoms with Gasteiger partial charge < -0.3 is 20.5 Å². The van der Waals surface area contributed by atoms with Gasteiger partial charge >= 0.3 is 58.7 Å². The molecule has 0 atom stereocenters. The Bertz CT molecular complexity index is 12.3. The molecule has 0 amide bonds. The van der Waals surface area contributed by atoms with Crippen LogP contribution in [0, 0.1) is 0 Å². The summed E-state index contributed by atoms with van der Waals surface area (Å²) in [7, 11) is -2.17. The molecular weight excluding hydrogens is 114 g/mol. The molecule has 0 aromatic rings. The van der Waals surface area contributed by atoms with E-state index in [4.69, 9.17) is 15.1 Å². The summed E-state index contributed by atoms with van der Waals surface area (Å²) in [5, 5.41) is 21.5. The van der Waals surface area contributed by atoms with Gasteiger partial charge in [0, 0.05) is 0 Å². The van der Waals surface area contributed by atoms with E-state index >= 15 is 0 Å². The van der Waals surface area contributed by atoms with Gasteiger partial charge in [0.05, 0.1) is 0 Å². The summed E-state index contributed by atoms with van der Waals surface area (Å²) < 4.78 is 0. The zero-order chi connectivity index (χ0) is 3.58. The second kappa shape index (κ2) is 9.74. The third-order valence-electron chi connectivity index (χ3n) is 0. The second-order valence-corrected chi connectivity index (χ2v) is 0.346. The molecule has 0 unspecified atom stereocenters. The van der Waals surface area contributed by atoms with Crippen molar-refractivity contribution >= 4 is 58.7 Å². The van der Waals surface area contributed by atoms with Crippen LogP contribution in [0.25, 0.3) is 0 Å². The van der Waals surface area contributed by atoms with Gasteiger partial charge in [0.1, 0.15) is 0 Å². The predicted molar refractivity (Wildman–Crippen MR) is 23.2 cm³/mol. The van der Waals surface area contributed by atoms with Gasteiger partial charge in [-0.2, -0.15) is 0 Å². The molecule has 0 saturated carbocycles. The molecule has 0 rings (SSSR count). The molecule has 0 aliphatic rings. The zero-order valence-corrected chi connectivity index (χ0v) is 2.42. The van der Waals surface area contributed by atoms with Gasteiger partial charge in [0.2, 0.25) is 0 Å². The third-order valence-corrected chi connectivity index (χ3v) is 0. The quantitative estimate of drug-likeness (QED) is 0.289. The van der Waals surface area contributed by atoms with E-state index in [2.05, 4.69) is 0 Å². The first kappa shape index (κ1) is 15.6. The van der Waals surface area contributed by atoms with Crippen LogP contribution in [0.15, 0.2) is 0 Å². The Kier molecular flexibility index (Phi) is 25.4. The van der Waals surface area contributed by atoms with Crippen molar-refractivity contribution in [1.82, 2.24) is 0 Å². The van der Waals surface area contributed by atoms with Crippen LogP contribution in [0.1, 0.15) is 0 Å². The Hall–Kier alpha value is 1.54. The van der Waals surface area contributed by atoms with Crippen LogP contribution < -0.4 is 0 Å². The maximum atomic E-state index is 7.17. The zero-order valence-electron chi connectivity index (χ0n) is 2.42. The van der Waals surface area contributed by atoms with Gasteiger partial charge in [-0.25, -0.2) is 0 Å². The summed E-state index contributed by atoms with van der Waals surface area (Å²) in [5.74, 6) is 0. The van der Waals surface area contributed by atoms with Crippen molar-refractivity contribution in [3.63, 3.8) is 0 Å². The van der Waals surface area contributed by atoms with E-state index in [1.54, 1.807) is 0 Å². The average Bonchev–Trinajstić information content (AvgIpc) is 0.811. The molecule has 0 radical (unpaired) electrons. The van der Waals surface area contributed by atoms with E-state index in [0.29, 0.717) is 0 Å². The van der Waals surface area contributed by atoms with Crippen molar-refractivity contribution < 1.29 is 20.5 Å². The summed E-state index contributed by atoms with van der Waals surface area (Å²) in [6, 6.07) is 0. The van der Waals surface area contributed by atoms with Crippen LogP contribution in [-0.4, -0.2) is 79.3 Å². The predicted octanol–water partition coefficient (Wildman–Crippen LogP) is -3.52. The van der Waals surface area contributed by atoms with Gasteiger partial charge in [0.15, 0.2) is 0 Å². The van der Waals surface area contributed by atoms with Crippen LogP contribution in [0.4, 0.5) is 0 Å². The molecule has 6 heteroatoms. The molecule has 0 heterocycles. The normalized spacial score (nSPS) is 4.50. The standard InChI is InChI=1S/BH3O3.K.H2O.H/c2-1(3)4;;;/h2-4H;;1H2;. The number of hydrogen-bond donors (Lipinski definition) is 3. The van der Waals surface area contributed by atoms with Gasteiger partial charge in [-0.15, -0.1) is 0 Å². The van der Waals surface area contributed by atoms with Crippen molar-refractivity contribution in [2.24, 2.45) is 0 Å². The van der Waals surface area contributed by atoms with E-state index in [9.17, 15) is 0 Å². The fourth-order valence-electron chi connectivity index (χ4n) is 0. The van der Waals surface area contributed by atoms with E-state index in [1.165, 1.54) is 0 Å². The number of hydrogen-bond acceptors (Lipinski definition) is 3. The first-order valence-corrected chi connectivity index (χ1v) is 0.775. The van der Waals surface area contributed by atoms with E-state index < -0.39 is 7.32 Å². The Morgan fingerprint density at radius 3 is 1.00 bits per heavy atom. The first-order valence-electron chi connectivity index (χ1n) is 0.775. The topological polar surface area (TPSA) is 92.2 Å². The van der Waals surface area contributed by atoms with Crippen LogP contribution in [0.2, 0.25) is 0 Å². The van der Waals surface area contributed by atoms with Crippen molar-refractivity contribution in [3.8, 4) is 0 Å². The molecule has 0 aromatic carbocycles. The van der Waals surface area contributed by atoms with Crippen molar-refractivity contribution in [2.75, 3.05) is 0 Å². The fourth-order valence-corrected chi connectivity index (χ4v) is 0. The summed E-state index contributed by atoms with van der Waals surface area (Å²) in [4.78, 5) is 0. The molecule has 0 aliphatic carbocycles. The molecule has 4 nitrogen and oxygen atoms in total. The van der Waals surface area contributed by atoms with Crippen LogP contribution in [-0.2, 0) is 0 Å². The number of rotatable bonds is 0. The SMILES string of the molecule is O.OB(O)O.[KH]. The van der Waals surface area contributed by atoms with Crippen LogP contribution in [0.5, 0.6) is 0 Å². The van der Waals surface area contributed by atoms with Crippen LogP contribution >= 0.6 is 0 Å². The van der Waals surface area contributed by atoms with E-state index in [0.717, 1.165) is 0 Å². The minimum atomic E-state index is -2.17. The van der Waals surface area contributed by atoms with Crippen molar-refractivity contribution in [3.05, 3.63) is 0 Å². The Labute approximate surface area is 78.1 Å². The molecule has 6 heavy (non-hydrogen) atoms. The Morgan fingerprint density at radius 1 is 1.00 bits per heavy atom. The molecule has 0 saturated heterocycles. The minimum absolute atomic E-state index is 0. The molecule has 34 valence electrons. The van der Waals surface area contributed by atoms with Crippen molar-refractivity contribution in [1.29, 1.82) is 0 Å². The molecular formula is H6BKO4. The summed E-state index contributed by atoms with van der Waals surface area (Å²) in [6.45, 7) is 0. The molecule has 0 fully saturated rings. The first-order chi connectivity index (χ1) is 1.73. The molecule has 5 N–H and O–H groups in total. The molecule has 0 aromatic heterocycles. The monoisotopic (exact) mass is 120 g/mol. The van der Waals surface area contributed by atoms with Gasteiger partial charge in [-0.1, -0.05) is 0 Å². The van der Waals surface area contributed by atoms with Gasteiger partial charge in [-0.05, 0) is 0 Å². The third kappa shape index (κ3) is 48.1.